The van der Waals surface area contributed by atoms with Crippen LogP contribution in [0.1, 0.15) is 22.8 Å². The third kappa shape index (κ3) is 4.44. The predicted octanol–water partition coefficient (Wildman–Crippen LogP) is 1.58. The number of benzene rings is 2. The highest BCUT2D eigenvalue weighted by molar-refractivity contribution is 5.99. The molecule has 8 heteroatoms. The topological polar surface area (TPSA) is 79.0 Å². The molecule has 4 rings (SSSR count). The van der Waals surface area contributed by atoms with Gasteiger partial charge in [-0.05, 0) is 30.7 Å². The molecule has 2 aromatic rings. The van der Waals surface area contributed by atoms with Crippen LogP contribution in [-0.4, -0.2) is 65.3 Å². The lowest BCUT2D eigenvalue weighted by Crippen LogP contribution is -2.71. The van der Waals surface area contributed by atoms with Crippen LogP contribution in [0.5, 0.6) is 0 Å². The van der Waals surface area contributed by atoms with Gasteiger partial charge in [-0.15, -0.1) is 0 Å². The first-order chi connectivity index (χ1) is 14.9. The highest BCUT2D eigenvalue weighted by Gasteiger charge is 2.46. The van der Waals surface area contributed by atoms with Gasteiger partial charge in [-0.25, -0.2) is 4.39 Å². The van der Waals surface area contributed by atoms with Gasteiger partial charge in [0.15, 0.2) is 0 Å². The minimum absolute atomic E-state index is 0.0683. The zero-order valence-electron chi connectivity index (χ0n) is 17.2. The first-order valence-electron chi connectivity index (χ1n) is 10.3. The van der Waals surface area contributed by atoms with Crippen molar-refractivity contribution < 1.29 is 23.5 Å². The van der Waals surface area contributed by atoms with Crippen LogP contribution >= 0.6 is 0 Å². The van der Waals surface area contributed by atoms with E-state index >= 15 is 0 Å². The first-order valence-corrected chi connectivity index (χ1v) is 10.3. The molecular weight excluding hydrogens is 401 g/mol. The summed E-state index contributed by atoms with van der Waals surface area (Å²) in [5, 5.41) is 2.76. The molecule has 0 aromatic heterocycles. The molecule has 0 spiro atoms. The zero-order chi connectivity index (χ0) is 22.0. The number of hydrogen-bond acceptors (Lipinski definition) is 4. The Kier molecular flexibility index (Phi) is 5.99. The summed E-state index contributed by atoms with van der Waals surface area (Å²) in [6.45, 7) is 2.67. The third-order valence-corrected chi connectivity index (χ3v) is 5.71. The maximum absolute atomic E-state index is 13.5. The van der Waals surface area contributed by atoms with Crippen LogP contribution < -0.4 is 5.32 Å². The molecule has 0 aliphatic carbocycles. The maximum Gasteiger partial charge on any atom is 0.254 e. The molecule has 2 fully saturated rings. The zero-order valence-corrected chi connectivity index (χ0v) is 17.2. The van der Waals surface area contributed by atoms with Crippen molar-refractivity contribution in [3.8, 4) is 0 Å². The Morgan fingerprint density at radius 3 is 2.68 bits per heavy atom. The molecule has 7 nitrogen and oxygen atoms in total. The van der Waals surface area contributed by atoms with Crippen LogP contribution in [0, 0.1) is 5.82 Å². The molecule has 0 bridgehead atoms. The fraction of sp³-hybridized carbons (Fsp3) is 0.348. The number of carbonyl (C=O) groups excluding carboxylic acids is 3. The average molecular weight is 425 g/mol. The van der Waals surface area contributed by atoms with Crippen LogP contribution in [0.25, 0.3) is 0 Å². The first kappa shape index (κ1) is 21.0. The largest absolute Gasteiger partial charge is 0.371 e. The molecule has 0 saturated carbocycles. The van der Waals surface area contributed by atoms with E-state index in [1.165, 1.54) is 34.1 Å². The molecule has 1 N–H and O–H groups in total. The van der Waals surface area contributed by atoms with Gasteiger partial charge in [0.05, 0.1) is 19.3 Å². The second kappa shape index (κ2) is 8.85. The van der Waals surface area contributed by atoms with Crippen LogP contribution in [0.15, 0.2) is 54.6 Å². The van der Waals surface area contributed by atoms with Crippen LogP contribution in [0.4, 0.5) is 4.39 Å². The summed E-state index contributed by atoms with van der Waals surface area (Å²) in [6.07, 6.45) is -0.510. The van der Waals surface area contributed by atoms with Crippen molar-refractivity contribution in [1.82, 2.24) is 15.1 Å². The van der Waals surface area contributed by atoms with Crippen LogP contribution in [-0.2, 0) is 20.9 Å². The van der Waals surface area contributed by atoms with Gasteiger partial charge in [-0.1, -0.05) is 36.4 Å². The molecule has 2 aliphatic rings. The molecule has 3 amide bonds. The lowest BCUT2D eigenvalue weighted by atomic mass is 10.0. The van der Waals surface area contributed by atoms with E-state index in [2.05, 4.69) is 5.32 Å². The Morgan fingerprint density at radius 1 is 1.16 bits per heavy atom. The van der Waals surface area contributed by atoms with Gasteiger partial charge >= 0.3 is 0 Å². The second-order valence-corrected chi connectivity index (χ2v) is 7.80. The predicted molar refractivity (Wildman–Crippen MR) is 110 cm³/mol. The Morgan fingerprint density at radius 2 is 1.94 bits per heavy atom. The summed E-state index contributed by atoms with van der Waals surface area (Å²) < 4.78 is 19.3. The average Bonchev–Trinajstić information content (AvgIpc) is 2.79. The second-order valence-electron chi connectivity index (χ2n) is 7.80. The summed E-state index contributed by atoms with van der Waals surface area (Å²) >= 11 is 0. The Labute approximate surface area is 179 Å². The van der Waals surface area contributed by atoms with Crippen molar-refractivity contribution in [2.45, 2.75) is 31.7 Å². The number of hydrogen-bond donors (Lipinski definition) is 1. The summed E-state index contributed by atoms with van der Waals surface area (Å²) in [6, 6.07) is 13.5. The molecule has 31 heavy (non-hydrogen) atoms. The monoisotopic (exact) mass is 425 g/mol. The van der Waals surface area contributed by atoms with Crippen molar-refractivity contribution in [2.24, 2.45) is 0 Å². The van der Waals surface area contributed by atoms with Crippen molar-refractivity contribution in [3.05, 3.63) is 71.5 Å². The van der Waals surface area contributed by atoms with E-state index in [0.29, 0.717) is 6.61 Å². The Balaban J connectivity index is 1.40. The van der Waals surface area contributed by atoms with Gasteiger partial charge in [-0.3, -0.25) is 14.4 Å². The Hall–Kier alpha value is -3.26. The summed E-state index contributed by atoms with van der Waals surface area (Å²) in [5.41, 5.74) is 1.20. The van der Waals surface area contributed by atoms with Crippen molar-refractivity contribution >= 4 is 17.7 Å². The lowest BCUT2D eigenvalue weighted by Gasteiger charge is -2.46. The number of halogens is 1. The SMILES string of the molecule is C[C@H](OCc1ccccc1)[C@H]1NC(=O)[C@H]2CN(C(=O)c3cccc(F)c3)CCN2C1=O. The van der Waals surface area contributed by atoms with Gasteiger partial charge in [-0.2, -0.15) is 0 Å². The fourth-order valence-electron chi connectivity index (χ4n) is 3.97. The lowest BCUT2D eigenvalue weighted by molar-refractivity contribution is -0.156. The highest BCUT2D eigenvalue weighted by atomic mass is 19.1. The number of nitrogens with zero attached hydrogens (tertiary/aromatic N) is 2. The smallest absolute Gasteiger partial charge is 0.254 e. The Bertz CT molecular complexity index is 984. The molecular formula is C23H24FN3O4. The van der Waals surface area contributed by atoms with E-state index in [4.69, 9.17) is 4.74 Å². The number of ether oxygens (including phenoxy) is 1. The molecule has 3 atom stereocenters. The van der Waals surface area contributed by atoms with Gasteiger partial charge in [0.2, 0.25) is 11.8 Å². The number of amides is 3. The van der Waals surface area contributed by atoms with Crippen molar-refractivity contribution in [2.75, 3.05) is 19.6 Å². The van der Waals surface area contributed by atoms with E-state index in [-0.39, 0.29) is 42.9 Å². The fourth-order valence-corrected chi connectivity index (χ4v) is 3.97. The number of fused-ring (bicyclic) bond motifs is 1. The third-order valence-electron chi connectivity index (χ3n) is 5.71. The summed E-state index contributed by atoms with van der Waals surface area (Å²) in [5.74, 6) is -1.40. The van der Waals surface area contributed by atoms with E-state index in [1.807, 2.05) is 30.3 Å². The van der Waals surface area contributed by atoms with Crippen LogP contribution in [0.2, 0.25) is 0 Å². The van der Waals surface area contributed by atoms with E-state index < -0.39 is 24.0 Å². The standard InChI is InChI=1S/C23H24FN3O4/c1-15(31-14-16-6-3-2-4-7-16)20-23(30)27-11-10-26(13-19(27)21(28)25-20)22(29)17-8-5-9-18(24)12-17/h2-9,12,15,19-20H,10-11,13-14H2,1H3,(H,25,28)/t15-,19+,20+/m0/s1. The molecule has 0 radical (unpaired) electrons. The number of carbonyl (C=O) groups is 3. The number of piperazine rings is 2. The molecule has 2 heterocycles. The molecule has 2 saturated heterocycles. The van der Waals surface area contributed by atoms with Crippen molar-refractivity contribution in [3.63, 3.8) is 0 Å². The van der Waals surface area contributed by atoms with E-state index in [0.717, 1.165) is 5.56 Å². The normalized spacial score (nSPS) is 22.0. The molecule has 162 valence electrons. The highest BCUT2D eigenvalue weighted by Crippen LogP contribution is 2.21. The quantitative estimate of drug-likeness (QED) is 0.789. The summed E-state index contributed by atoms with van der Waals surface area (Å²) in [7, 11) is 0. The van der Waals surface area contributed by atoms with Gasteiger partial charge in [0.25, 0.3) is 5.91 Å². The molecule has 0 unspecified atom stereocenters. The van der Waals surface area contributed by atoms with E-state index in [9.17, 15) is 18.8 Å². The van der Waals surface area contributed by atoms with Gasteiger partial charge in [0.1, 0.15) is 17.9 Å². The molecule has 2 aliphatic heterocycles. The van der Waals surface area contributed by atoms with Crippen LogP contribution in [0.3, 0.4) is 0 Å². The summed E-state index contributed by atoms with van der Waals surface area (Å²) in [4.78, 5) is 41.5. The van der Waals surface area contributed by atoms with Gasteiger partial charge < -0.3 is 19.9 Å². The number of rotatable bonds is 5. The van der Waals surface area contributed by atoms with Crippen molar-refractivity contribution in [1.29, 1.82) is 0 Å². The molecule has 2 aromatic carbocycles. The maximum atomic E-state index is 13.5. The van der Waals surface area contributed by atoms with E-state index in [1.54, 1.807) is 6.92 Å². The minimum Gasteiger partial charge on any atom is -0.371 e. The van der Waals surface area contributed by atoms with Gasteiger partial charge in [0, 0.05) is 18.7 Å². The number of nitrogens with one attached hydrogen (secondary N) is 1. The minimum atomic E-state index is -0.780.